The van der Waals surface area contributed by atoms with Crippen LogP contribution in [-0.4, -0.2) is 54.3 Å². The minimum atomic E-state index is -1.04. The van der Waals surface area contributed by atoms with Crippen molar-refractivity contribution in [1.29, 1.82) is 0 Å². The molecule has 0 spiro atoms. The van der Waals surface area contributed by atoms with Crippen LogP contribution in [-0.2, 0) is 9.53 Å². The lowest BCUT2D eigenvalue weighted by atomic mass is 10.1. The van der Waals surface area contributed by atoms with Gasteiger partial charge in [0, 0.05) is 12.1 Å². The van der Waals surface area contributed by atoms with Gasteiger partial charge in [-0.1, -0.05) is 13.8 Å². The maximum absolute atomic E-state index is 12.4. The summed E-state index contributed by atoms with van der Waals surface area (Å²) < 4.78 is 10.7. The van der Waals surface area contributed by atoms with Gasteiger partial charge in [-0.15, -0.1) is 0 Å². The van der Waals surface area contributed by atoms with E-state index in [2.05, 4.69) is 13.8 Å². The minimum absolute atomic E-state index is 0.0702. The summed E-state index contributed by atoms with van der Waals surface area (Å²) in [7, 11) is 0. The van der Waals surface area contributed by atoms with Crippen molar-refractivity contribution in [3.05, 3.63) is 29.8 Å². The number of amides is 1. The molecule has 1 aliphatic rings. The van der Waals surface area contributed by atoms with Crippen LogP contribution in [0.15, 0.2) is 24.3 Å². The summed E-state index contributed by atoms with van der Waals surface area (Å²) in [6.07, 6.45) is 0.0248. The summed E-state index contributed by atoms with van der Waals surface area (Å²) in [5.74, 6) is 0.0802. The number of rotatable bonds is 6. The Balaban J connectivity index is 1.93. The van der Waals surface area contributed by atoms with E-state index in [1.807, 2.05) is 0 Å². The molecule has 1 unspecified atom stereocenters. The zero-order chi connectivity index (χ0) is 16.8. The first-order valence-corrected chi connectivity index (χ1v) is 7.84. The van der Waals surface area contributed by atoms with Crippen LogP contribution < -0.4 is 4.74 Å². The van der Waals surface area contributed by atoms with Gasteiger partial charge in [0.2, 0.25) is 0 Å². The lowest BCUT2D eigenvalue weighted by Crippen LogP contribution is -2.48. The van der Waals surface area contributed by atoms with E-state index in [-0.39, 0.29) is 19.1 Å². The first kappa shape index (κ1) is 17.3. The van der Waals surface area contributed by atoms with Crippen LogP contribution in [0.1, 0.15) is 30.6 Å². The van der Waals surface area contributed by atoms with Gasteiger partial charge in [-0.3, -0.25) is 4.79 Å². The molecule has 2 rings (SSSR count). The Morgan fingerprint density at radius 3 is 2.65 bits per heavy atom. The van der Waals surface area contributed by atoms with Crippen LogP contribution in [0, 0.1) is 5.92 Å². The summed E-state index contributed by atoms with van der Waals surface area (Å²) in [5.41, 5.74) is 0.521. The molecule has 1 aromatic carbocycles. The normalized spacial score (nSPS) is 18.0. The summed E-state index contributed by atoms with van der Waals surface area (Å²) >= 11 is 0. The first-order valence-electron chi connectivity index (χ1n) is 7.84. The van der Waals surface area contributed by atoms with Crippen LogP contribution in [0.2, 0.25) is 0 Å². The molecule has 0 bridgehead atoms. The number of benzene rings is 1. The average Bonchev–Trinajstić information content (AvgIpc) is 2.54. The van der Waals surface area contributed by atoms with Crippen LogP contribution in [0.5, 0.6) is 5.75 Å². The molecule has 23 heavy (non-hydrogen) atoms. The zero-order valence-corrected chi connectivity index (χ0v) is 13.5. The summed E-state index contributed by atoms with van der Waals surface area (Å²) in [6.45, 7) is 5.62. The second-order valence-electron chi connectivity index (χ2n) is 6.00. The topological polar surface area (TPSA) is 76.1 Å². The van der Waals surface area contributed by atoms with E-state index in [1.54, 1.807) is 24.3 Å². The SMILES string of the molecule is CC(C)CCOc1ccc(C(=O)N2CCOC(C(=O)O)C2)cc1. The van der Waals surface area contributed by atoms with Crippen molar-refractivity contribution in [2.75, 3.05) is 26.3 Å². The number of carboxylic acids is 1. The van der Waals surface area contributed by atoms with Gasteiger partial charge in [0.25, 0.3) is 5.91 Å². The number of morpholine rings is 1. The highest BCUT2D eigenvalue weighted by Crippen LogP contribution is 2.16. The molecule has 1 aromatic rings. The smallest absolute Gasteiger partial charge is 0.334 e. The van der Waals surface area contributed by atoms with Gasteiger partial charge in [-0.25, -0.2) is 4.79 Å². The fourth-order valence-corrected chi connectivity index (χ4v) is 2.27. The summed E-state index contributed by atoms with van der Waals surface area (Å²) in [5, 5.41) is 8.99. The molecule has 6 heteroatoms. The zero-order valence-electron chi connectivity index (χ0n) is 13.5. The van der Waals surface area contributed by atoms with Crippen LogP contribution in [0.4, 0.5) is 0 Å². The molecule has 6 nitrogen and oxygen atoms in total. The second-order valence-corrected chi connectivity index (χ2v) is 6.00. The number of carboxylic acid groups (broad SMARTS) is 1. The molecule has 1 N–H and O–H groups in total. The Labute approximate surface area is 136 Å². The van der Waals surface area contributed by atoms with Crippen molar-refractivity contribution in [2.45, 2.75) is 26.4 Å². The third kappa shape index (κ3) is 4.96. The number of carbonyl (C=O) groups is 2. The maximum Gasteiger partial charge on any atom is 0.334 e. The second kappa shape index (κ2) is 7.97. The Kier molecular flexibility index (Phi) is 5.98. The van der Waals surface area contributed by atoms with E-state index in [0.717, 1.165) is 12.2 Å². The fraction of sp³-hybridized carbons (Fsp3) is 0.529. The monoisotopic (exact) mass is 321 g/mol. The van der Waals surface area contributed by atoms with Gasteiger partial charge in [0.15, 0.2) is 6.10 Å². The van der Waals surface area contributed by atoms with Crippen LogP contribution in [0.25, 0.3) is 0 Å². The van der Waals surface area contributed by atoms with E-state index in [0.29, 0.717) is 24.6 Å². The third-order valence-electron chi connectivity index (χ3n) is 3.69. The van der Waals surface area contributed by atoms with Crippen LogP contribution in [0.3, 0.4) is 0 Å². The van der Waals surface area contributed by atoms with Gasteiger partial charge in [-0.05, 0) is 36.6 Å². The molecule has 0 saturated carbocycles. The van der Waals surface area contributed by atoms with Crippen molar-refractivity contribution in [1.82, 2.24) is 4.90 Å². The maximum atomic E-state index is 12.4. The predicted octanol–water partition coefficient (Wildman–Crippen LogP) is 2.04. The number of nitrogens with zero attached hydrogens (tertiary/aromatic N) is 1. The van der Waals surface area contributed by atoms with Gasteiger partial charge in [0.05, 0.1) is 19.8 Å². The largest absolute Gasteiger partial charge is 0.494 e. The molecular weight excluding hydrogens is 298 g/mol. The highest BCUT2D eigenvalue weighted by Gasteiger charge is 2.29. The molecule has 1 saturated heterocycles. The van der Waals surface area contributed by atoms with E-state index in [1.165, 1.54) is 4.90 Å². The first-order chi connectivity index (χ1) is 11.0. The molecule has 126 valence electrons. The number of carbonyl (C=O) groups excluding carboxylic acids is 1. The van der Waals surface area contributed by atoms with Crippen molar-refractivity contribution in [3.8, 4) is 5.75 Å². The van der Waals surface area contributed by atoms with Gasteiger partial charge in [0.1, 0.15) is 5.75 Å². The van der Waals surface area contributed by atoms with Crippen molar-refractivity contribution < 1.29 is 24.2 Å². The molecular formula is C17H23NO5. The standard InChI is InChI=1S/C17H23NO5/c1-12(2)7-9-22-14-5-3-13(4-6-14)16(19)18-8-10-23-15(11-18)17(20)21/h3-6,12,15H,7-11H2,1-2H3,(H,20,21). The highest BCUT2D eigenvalue weighted by molar-refractivity contribution is 5.94. The molecule has 1 fully saturated rings. The van der Waals surface area contributed by atoms with E-state index >= 15 is 0 Å². The molecule has 0 radical (unpaired) electrons. The average molecular weight is 321 g/mol. The lowest BCUT2D eigenvalue weighted by molar-refractivity contribution is -0.154. The molecule has 1 atom stereocenters. The Bertz CT molecular complexity index is 540. The molecule has 0 aliphatic carbocycles. The number of ether oxygens (including phenoxy) is 2. The van der Waals surface area contributed by atoms with Gasteiger partial charge >= 0.3 is 5.97 Å². The summed E-state index contributed by atoms with van der Waals surface area (Å²) in [6, 6.07) is 6.95. The van der Waals surface area contributed by atoms with E-state index in [9.17, 15) is 9.59 Å². The molecule has 0 aromatic heterocycles. The fourth-order valence-electron chi connectivity index (χ4n) is 2.27. The van der Waals surface area contributed by atoms with Crippen molar-refractivity contribution >= 4 is 11.9 Å². The predicted molar refractivity (Wildman–Crippen MR) is 84.7 cm³/mol. The van der Waals surface area contributed by atoms with Crippen molar-refractivity contribution in [2.24, 2.45) is 5.92 Å². The van der Waals surface area contributed by atoms with Gasteiger partial charge < -0.3 is 19.5 Å². The minimum Gasteiger partial charge on any atom is -0.494 e. The van der Waals surface area contributed by atoms with Crippen LogP contribution >= 0.6 is 0 Å². The van der Waals surface area contributed by atoms with Gasteiger partial charge in [-0.2, -0.15) is 0 Å². The lowest BCUT2D eigenvalue weighted by Gasteiger charge is -2.30. The molecule has 1 heterocycles. The number of aliphatic carboxylic acids is 1. The number of hydrogen-bond acceptors (Lipinski definition) is 4. The Morgan fingerprint density at radius 2 is 2.04 bits per heavy atom. The Morgan fingerprint density at radius 1 is 1.35 bits per heavy atom. The summed E-state index contributed by atoms with van der Waals surface area (Å²) in [4.78, 5) is 24.9. The third-order valence-corrected chi connectivity index (χ3v) is 3.69. The highest BCUT2D eigenvalue weighted by atomic mass is 16.5. The Hall–Kier alpha value is -2.08. The number of hydrogen-bond donors (Lipinski definition) is 1. The molecule has 1 aliphatic heterocycles. The van der Waals surface area contributed by atoms with E-state index in [4.69, 9.17) is 14.6 Å². The van der Waals surface area contributed by atoms with Crippen molar-refractivity contribution in [3.63, 3.8) is 0 Å². The van der Waals surface area contributed by atoms with E-state index < -0.39 is 12.1 Å². The molecule has 1 amide bonds. The quantitative estimate of drug-likeness (QED) is 0.867.